The lowest BCUT2D eigenvalue weighted by Gasteiger charge is -2.12. The van der Waals surface area contributed by atoms with Crippen molar-refractivity contribution >= 4 is 22.5 Å². The van der Waals surface area contributed by atoms with Crippen molar-refractivity contribution < 1.29 is 14.2 Å². The molecule has 94 valence electrons. The topological polar surface area (TPSA) is 105 Å². The van der Waals surface area contributed by atoms with Crippen molar-refractivity contribution in [1.29, 1.82) is 0 Å². The summed E-state index contributed by atoms with van der Waals surface area (Å²) in [5.41, 5.74) is 5.37. The highest BCUT2D eigenvalue weighted by Crippen LogP contribution is 2.02. The van der Waals surface area contributed by atoms with Crippen LogP contribution in [0.3, 0.4) is 0 Å². The van der Waals surface area contributed by atoms with Crippen LogP contribution in [0.2, 0.25) is 0 Å². The molecule has 0 saturated heterocycles. The van der Waals surface area contributed by atoms with E-state index < -0.39 is 16.7 Å². The average molecular weight is 249 g/mol. The lowest BCUT2D eigenvalue weighted by atomic mass is 10.0. The van der Waals surface area contributed by atoms with Gasteiger partial charge in [0.2, 0.25) is 5.91 Å². The van der Waals surface area contributed by atoms with Gasteiger partial charge in [-0.3, -0.25) is 9.00 Å². The summed E-state index contributed by atoms with van der Waals surface area (Å²) in [6, 6.07) is 0. The van der Waals surface area contributed by atoms with Crippen LogP contribution in [0.4, 0.5) is 0 Å². The fourth-order valence-electron chi connectivity index (χ4n) is 1.21. The lowest BCUT2D eigenvalue weighted by molar-refractivity contribution is -0.123. The molecule has 0 aliphatic heterocycles. The van der Waals surface area contributed by atoms with Gasteiger partial charge in [0.05, 0.1) is 5.92 Å². The molecule has 2 unspecified atom stereocenters. The minimum atomic E-state index is -0.843. The minimum absolute atomic E-state index is 0.0842. The molecule has 0 radical (unpaired) electrons. The molecule has 0 bridgehead atoms. The Balaban J connectivity index is 3.99. The number of carbonyl (C=O) groups excluding carboxylic acids is 1. The molecule has 0 aliphatic carbocycles. The van der Waals surface area contributed by atoms with E-state index in [0.29, 0.717) is 25.1 Å². The second-order valence-corrected chi connectivity index (χ2v) is 4.96. The molecule has 0 spiro atoms. The van der Waals surface area contributed by atoms with E-state index >= 15 is 0 Å². The quantitative estimate of drug-likeness (QED) is 0.188. The third-order valence-corrected chi connectivity index (χ3v) is 2.97. The van der Waals surface area contributed by atoms with Crippen LogP contribution in [0.5, 0.6) is 0 Å². The van der Waals surface area contributed by atoms with Gasteiger partial charge in [-0.1, -0.05) is 12.1 Å². The van der Waals surface area contributed by atoms with Crippen molar-refractivity contribution in [2.75, 3.05) is 18.6 Å². The standard InChI is InChI=1S/C9H19N3O3S/c1-3-7(8(10)12-14)9(13)11-5-4-6-16(2)15/h7,14H,3-6H2,1-2H3,(H2,10,12)(H,11,13). The van der Waals surface area contributed by atoms with Crippen LogP contribution in [0.1, 0.15) is 19.8 Å². The van der Waals surface area contributed by atoms with Crippen LogP contribution in [0, 0.1) is 5.92 Å². The molecule has 0 rings (SSSR count). The van der Waals surface area contributed by atoms with Crippen molar-refractivity contribution in [3.8, 4) is 0 Å². The van der Waals surface area contributed by atoms with Crippen LogP contribution in [-0.2, 0) is 15.6 Å². The van der Waals surface area contributed by atoms with Crippen molar-refractivity contribution in [3.63, 3.8) is 0 Å². The zero-order valence-corrected chi connectivity index (χ0v) is 10.4. The van der Waals surface area contributed by atoms with Crippen LogP contribution >= 0.6 is 0 Å². The lowest BCUT2D eigenvalue weighted by Crippen LogP contribution is -2.39. The molecule has 4 N–H and O–H groups in total. The molecule has 0 heterocycles. The fraction of sp³-hybridized carbons (Fsp3) is 0.778. The molecule has 2 atom stereocenters. The van der Waals surface area contributed by atoms with Crippen molar-refractivity contribution in [3.05, 3.63) is 0 Å². The summed E-state index contributed by atoms with van der Waals surface area (Å²) in [6.45, 7) is 2.23. The van der Waals surface area contributed by atoms with Gasteiger partial charge in [0.15, 0.2) is 5.84 Å². The number of nitrogens with two attached hydrogens (primary N) is 1. The average Bonchev–Trinajstić information content (AvgIpc) is 2.24. The van der Waals surface area contributed by atoms with E-state index in [1.165, 1.54) is 0 Å². The first-order valence-corrected chi connectivity index (χ1v) is 6.80. The maximum atomic E-state index is 11.6. The Labute approximate surface area is 97.7 Å². The number of hydrogen-bond acceptors (Lipinski definition) is 4. The first-order chi connectivity index (χ1) is 7.52. The van der Waals surface area contributed by atoms with Gasteiger partial charge in [-0.25, -0.2) is 0 Å². The van der Waals surface area contributed by atoms with E-state index in [4.69, 9.17) is 10.9 Å². The van der Waals surface area contributed by atoms with Gasteiger partial charge in [-0.15, -0.1) is 0 Å². The normalized spacial score (nSPS) is 15.5. The highest BCUT2D eigenvalue weighted by atomic mass is 32.2. The molecule has 0 aliphatic rings. The number of nitrogens with zero attached hydrogens (tertiary/aromatic N) is 1. The highest BCUT2D eigenvalue weighted by molar-refractivity contribution is 7.84. The maximum absolute atomic E-state index is 11.6. The predicted octanol–water partition coefficient (Wildman–Crippen LogP) is -0.356. The zero-order valence-electron chi connectivity index (χ0n) is 9.60. The third kappa shape index (κ3) is 5.69. The molecule has 0 fully saturated rings. The summed E-state index contributed by atoms with van der Waals surface area (Å²) in [7, 11) is -0.843. The summed E-state index contributed by atoms with van der Waals surface area (Å²) >= 11 is 0. The Hall–Kier alpha value is -1.11. The summed E-state index contributed by atoms with van der Waals surface area (Å²) in [4.78, 5) is 11.6. The van der Waals surface area contributed by atoms with Gasteiger partial charge in [0.1, 0.15) is 0 Å². The number of oxime groups is 1. The molecule has 0 aromatic rings. The van der Waals surface area contributed by atoms with E-state index in [0.717, 1.165) is 0 Å². The van der Waals surface area contributed by atoms with Crippen molar-refractivity contribution in [2.45, 2.75) is 19.8 Å². The highest BCUT2D eigenvalue weighted by Gasteiger charge is 2.20. The Bertz CT molecular complexity index is 281. The van der Waals surface area contributed by atoms with Gasteiger partial charge < -0.3 is 16.3 Å². The molecule has 16 heavy (non-hydrogen) atoms. The summed E-state index contributed by atoms with van der Waals surface area (Å²) in [6.07, 6.45) is 2.75. The fourth-order valence-corrected chi connectivity index (χ4v) is 1.76. The first kappa shape index (κ1) is 14.9. The SMILES string of the molecule is CCC(C(=O)NCCCS(C)=O)C(N)=NO. The molecule has 7 heteroatoms. The van der Waals surface area contributed by atoms with E-state index in [-0.39, 0.29) is 11.7 Å². The number of rotatable bonds is 7. The summed E-state index contributed by atoms with van der Waals surface area (Å²) < 4.78 is 10.8. The predicted molar refractivity (Wildman–Crippen MR) is 63.8 cm³/mol. The second-order valence-electron chi connectivity index (χ2n) is 3.41. The number of carbonyl (C=O) groups is 1. The van der Waals surface area contributed by atoms with Gasteiger partial charge >= 0.3 is 0 Å². The van der Waals surface area contributed by atoms with Crippen molar-refractivity contribution in [1.82, 2.24) is 5.32 Å². The van der Waals surface area contributed by atoms with E-state index in [9.17, 15) is 9.00 Å². The Morgan fingerprint density at radius 3 is 2.69 bits per heavy atom. The van der Waals surface area contributed by atoms with Gasteiger partial charge in [-0.2, -0.15) is 0 Å². The number of amidine groups is 1. The van der Waals surface area contributed by atoms with Gasteiger partial charge in [-0.05, 0) is 12.8 Å². The van der Waals surface area contributed by atoms with Gasteiger partial charge in [0.25, 0.3) is 0 Å². The van der Waals surface area contributed by atoms with Crippen LogP contribution in [-0.4, -0.2) is 39.7 Å². The van der Waals surface area contributed by atoms with E-state index in [1.807, 2.05) is 0 Å². The van der Waals surface area contributed by atoms with Crippen molar-refractivity contribution in [2.24, 2.45) is 16.8 Å². The Morgan fingerprint density at radius 1 is 1.62 bits per heavy atom. The summed E-state index contributed by atoms with van der Waals surface area (Å²) in [5.74, 6) is -0.392. The zero-order chi connectivity index (χ0) is 12.6. The molecule has 0 aromatic heterocycles. The van der Waals surface area contributed by atoms with E-state index in [1.54, 1.807) is 13.2 Å². The largest absolute Gasteiger partial charge is 0.409 e. The van der Waals surface area contributed by atoms with Crippen LogP contribution in [0.25, 0.3) is 0 Å². The van der Waals surface area contributed by atoms with Gasteiger partial charge in [0, 0.05) is 29.4 Å². The summed E-state index contributed by atoms with van der Waals surface area (Å²) in [5, 5.41) is 14.0. The molecule has 0 aromatic carbocycles. The molecular formula is C9H19N3O3S. The van der Waals surface area contributed by atoms with Crippen LogP contribution < -0.4 is 11.1 Å². The first-order valence-electron chi connectivity index (χ1n) is 5.08. The molecular weight excluding hydrogens is 230 g/mol. The molecule has 1 amide bonds. The maximum Gasteiger partial charge on any atom is 0.230 e. The molecule has 6 nitrogen and oxygen atoms in total. The Morgan fingerprint density at radius 2 is 2.25 bits per heavy atom. The Kier molecular flexibility index (Phi) is 7.53. The minimum Gasteiger partial charge on any atom is -0.409 e. The number of nitrogens with one attached hydrogen (secondary N) is 1. The van der Waals surface area contributed by atoms with E-state index in [2.05, 4.69) is 10.5 Å². The molecule has 0 saturated carbocycles. The monoisotopic (exact) mass is 249 g/mol. The second kappa shape index (κ2) is 8.09. The van der Waals surface area contributed by atoms with Crippen LogP contribution in [0.15, 0.2) is 5.16 Å². The number of amides is 1. The smallest absolute Gasteiger partial charge is 0.230 e. The third-order valence-electron chi connectivity index (χ3n) is 2.11. The number of hydrogen-bond donors (Lipinski definition) is 3.